The Labute approximate surface area is 234 Å². The molecule has 0 saturated heterocycles. The highest BCUT2D eigenvalue weighted by Crippen LogP contribution is 2.52. The molecule has 0 saturated carbocycles. The van der Waals surface area contributed by atoms with E-state index in [0.29, 0.717) is 0 Å². The quantitative estimate of drug-likeness (QED) is 0.233. The summed E-state index contributed by atoms with van der Waals surface area (Å²) >= 11 is 0. The van der Waals surface area contributed by atoms with Crippen LogP contribution >= 0.6 is 0 Å². The lowest BCUT2D eigenvalue weighted by atomic mass is 9.81. The van der Waals surface area contributed by atoms with Gasteiger partial charge in [-0.05, 0) is 102 Å². The number of hydrogen-bond acceptors (Lipinski definition) is 1. The first-order valence-corrected chi connectivity index (χ1v) is 14.0. The Hall–Kier alpha value is -4.88. The molecule has 1 nitrogen and oxygen atoms in total. The normalized spacial score (nSPS) is 13.4. The van der Waals surface area contributed by atoms with Gasteiger partial charge < -0.3 is 5.32 Å². The van der Waals surface area contributed by atoms with E-state index in [9.17, 15) is 0 Å². The van der Waals surface area contributed by atoms with Crippen molar-refractivity contribution in [3.05, 3.63) is 145 Å². The van der Waals surface area contributed by atoms with Crippen molar-refractivity contribution in [3.8, 4) is 22.3 Å². The molecule has 0 atom stereocenters. The smallest absolute Gasteiger partial charge is 0.0387 e. The largest absolute Gasteiger partial charge is 0.356 e. The molecule has 0 spiro atoms. The molecule has 0 radical (unpaired) electrons. The molecule has 0 unspecified atom stereocenters. The van der Waals surface area contributed by atoms with Crippen LogP contribution in [0.15, 0.2) is 133 Å². The van der Waals surface area contributed by atoms with Crippen LogP contribution in [0.1, 0.15) is 25.0 Å². The number of benzene rings is 7. The molecule has 0 amide bonds. The van der Waals surface area contributed by atoms with E-state index in [0.717, 1.165) is 11.4 Å². The molecule has 0 bridgehead atoms. The van der Waals surface area contributed by atoms with Gasteiger partial charge in [0, 0.05) is 16.8 Å². The van der Waals surface area contributed by atoms with E-state index in [1.54, 1.807) is 0 Å². The molecule has 0 aromatic heterocycles. The first-order chi connectivity index (χ1) is 19.6. The van der Waals surface area contributed by atoms with Crippen LogP contribution in [-0.4, -0.2) is 0 Å². The van der Waals surface area contributed by atoms with E-state index in [1.807, 2.05) is 0 Å². The first kappa shape index (κ1) is 23.0. The van der Waals surface area contributed by atoms with Crippen LogP contribution in [0.25, 0.3) is 54.6 Å². The van der Waals surface area contributed by atoms with Crippen LogP contribution in [0.2, 0.25) is 0 Å². The minimum atomic E-state index is -0.0968. The fourth-order valence-electron chi connectivity index (χ4n) is 6.75. The van der Waals surface area contributed by atoms with Crippen molar-refractivity contribution >= 4 is 43.7 Å². The summed E-state index contributed by atoms with van der Waals surface area (Å²) in [6, 6.07) is 48.7. The summed E-state index contributed by atoms with van der Waals surface area (Å²) in [7, 11) is 0. The molecule has 0 heterocycles. The fourth-order valence-corrected chi connectivity index (χ4v) is 6.75. The Morgan fingerprint density at radius 2 is 0.900 bits per heavy atom. The van der Waals surface area contributed by atoms with Crippen molar-refractivity contribution in [2.24, 2.45) is 0 Å². The number of fused-ring (bicyclic) bond motifs is 9. The Kier molecular flexibility index (Phi) is 4.93. The minimum absolute atomic E-state index is 0.0968. The Morgan fingerprint density at radius 1 is 0.400 bits per heavy atom. The van der Waals surface area contributed by atoms with E-state index in [1.165, 1.54) is 65.7 Å². The highest BCUT2D eigenvalue weighted by molar-refractivity contribution is 6.26. The van der Waals surface area contributed by atoms with Gasteiger partial charge in [0.15, 0.2) is 0 Å². The summed E-state index contributed by atoms with van der Waals surface area (Å²) in [5.41, 5.74) is 10.0. The molecular formula is C39H29N. The lowest BCUT2D eigenvalue weighted by Crippen LogP contribution is -2.15. The van der Waals surface area contributed by atoms with Gasteiger partial charge in [-0.25, -0.2) is 0 Å². The number of anilines is 2. The molecule has 0 fully saturated rings. The molecular weight excluding hydrogens is 482 g/mol. The van der Waals surface area contributed by atoms with Gasteiger partial charge in [-0.15, -0.1) is 0 Å². The Bertz CT molecular complexity index is 2080. The van der Waals surface area contributed by atoms with Crippen LogP contribution in [0.4, 0.5) is 11.4 Å². The standard InChI is InChI=1S/C39H29N/c1-39(2)37-22-28(40-27-18-16-26(17-19-27)25-10-4-3-5-11-25)20-21-33(37)36-23-34-31-14-8-6-12-29(31)30-13-7-9-15-32(30)35(34)24-38(36)39/h3-24,40H,1-2H3. The zero-order valence-electron chi connectivity index (χ0n) is 22.7. The van der Waals surface area contributed by atoms with Gasteiger partial charge in [0.2, 0.25) is 0 Å². The van der Waals surface area contributed by atoms with E-state index in [4.69, 9.17) is 0 Å². The molecule has 1 heteroatoms. The van der Waals surface area contributed by atoms with Gasteiger partial charge in [0.1, 0.15) is 0 Å². The van der Waals surface area contributed by atoms with Crippen molar-refractivity contribution in [1.82, 2.24) is 0 Å². The molecule has 40 heavy (non-hydrogen) atoms. The molecule has 1 aliphatic carbocycles. The van der Waals surface area contributed by atoms with Crippen molar-refractivity contribution in [2.75, 3.05) is 5.32 Å². The summed E-state index contributed by atoms with van der Waals surface area (Å²) in [6.07, 6.45) is 0. The molecule has 1 N–H and O–H groups in total. The second-order valence-corrected chi connectivity index (χ2v) is 11.5. The summed E-state index contributed by atoms with van der Waals surface area (Å²) in [6.45, 7) is 4.73. The van der Waals surface area contributed by atoms with Crippen LogP contribution < -0.4 is 5.32 Å². The highest BCUT2D eigenvalue weighted by atomic mass is 14.9. The van der Waals surface area contributed by atoms with Gasteiger partial charge in [0.25, 0.3) is 0 Å². The molecule has 1 aliphatic rings. The van der Waals surface area contributed by atoms with Crippen LogP contribution in [0, 0.1) is 0 Å². The van der Waals surface area contributed by atoms with E-state index < -0.39 is 0 Å². The minimum Gasteiger partial charge on any atom is -0.356 e. The van der Waals surface area contributed by atoms with Crippen molar-refractivity contribution < 1.29 is 0 Å². The third-order valence-electron chi connectivity index (χ3n) is 8.82. The van der Waals surface area contributed by atoms with Gasteiger partial charge in [0.05, 0.1) is 0 Å². The maximum atomic E-state index is 3.66. The Balaban J connectivity index is 1.23. The van der Waals surface area contributed by atoms with Gasteiger partial charge in [-0.2, -0.15) is 0 Å². The van der Waals surface area contributed by atoms with Crippen LogP contribution in [0.5, 0.6) is 0 Å². The summed E-state index contributed by atoms with van der Waals surface area (Å²) in [5, 5.41) is 11.6. The zero-order valence-corrected chi connectivity index (χ0v) is 22.7. The van der Waals surface area contributed by atoms with Gasteiger partial charge >= 0.3 is 0 Å². The maximum absolute atomic E-state index is 3.66. The Morgan fingerprint density at radius 3 is 1.55 bits per heavy atom. The predicted octanol–water partition coefficient (Wildman–Crippen LogP) is 10.9. The lowest BCUT2D eigenvalue weighted by Gasteiger charge is -2.23. The predicted molar refractivity (Wildman–Crippen MR) is 172 cm³/mol. The number of nitrogens with one attached hydrogen (secondary N) is 1. The van der Waals surface area contributed by atoms with Crippen molar-refractivity contribution in [2.45, 2.75) is 19.3 Å². The second-order valence-electron chi connectivity index (χ2n) is 11.5. The zero-order chi connectivity index (χ0) is 26.8. The SMILES string of the molecule is CC1(C)c2cc(Nc3ccc(-c4ccccc4)cc3)ccc2-c2cc3c4ccccc4c4ccccc4c3cc21. The highest BCUT2D eigenvalue weighted by Gasteiger charge is 2.36. The summed E-state index contributed by atoms with van der Waals surface area (Å²) in [4.78, 5) is 0. The van der Waals surface area contributed by atoms with E-state index >= 15 is 0 Å². The topological polar surface area (TPSA) is 12.0 Å². The molecule has 7 aromatic rings. The van der Waals surface area contributed by atoms with E-state index in [2.05, 4.69) is 153 Å². The fraction of sp³-hybridized carbons (Fsp3) is 0.0769. The number of rotatable bonds is 3. The third kappa shape index (κ3) is 3.41. The van der Waals surface area contributed by atoms with Crippen molar-refractivity contribution in [3.63, 3.8) is 0 Å². The molecule has 8 rings (SSSR count). The average molecular weight is 512 g/mol. The average Bonchev–Trinajstić information content (AvgIpc) is 3.22. The van der Waals surface area contributed by atoms with Crippen LogP contribution in [-0.2, 0) is 5.41 Å². The lowest BCUT2D eigenvalue weighted by molar-refractivity contribution is 0.661. The number of hydrogen-bond donors (Lipinski definition) is 1. The molecule has 0 aliphatic heterocycles. The van der Waals surface area contributed by atoms with E-state index in [-0.39, 0.29) is 5.41 Å². The van der Waals surface area contributed by atoms with Crippen molar-refractivity contribution in [1.29, 1.82) is 0 Å². The molecule has 190 valence electrons. The first-order valence-electron chi connectivity index (χ1n) is 14.0. The maximum Gasteiger partial charge on any atom is 0.0387 e. The second kappa shape index (κ2) is 8.56. The summed E-state index contributed by atoms with van der Waals surface area (Å²) < 4.78 is 0. The monoisotopic (exact) mass is 511 g/mol. The molecule has 7 aromatic carbocycles. The van der Waals surface area contributed by atoms with Gasteiger partial charge in [-0.3, -0.25) is 0 Å². The third-order valence-corrected chi connectivity index (χ3v) is 8.82. The van der Waals surface area contributed by atoms with Crippen LogP contribution in [0.3, 0.4) is 0 Å². The summed E-state index contributed by atoms with van der Waals surface area (Å²) in [5.74, 6) is 0. The van der Waals surface area contributed by atoms with Gasteiger partial charge in [-0.1, -0.05) is 111 Å².